The predicted molar refractivity (Wildman–Crippen MR) is 44.4 cm³/mol. The first-order chi connectivity index (χ1) is 5.32. The lowest BCUT2D eigenvalue weighted by Gasteiger charge is -2.32. The van der Waals surface area contributed by atoms with Crippen molar-refractivity contribution in [3.8, 4) is 6.07 Å². The molecular weight excluding hydrogens is 152 g/mol. The normalized spacial score (nSPS) is 26.5. The Labute approximate surface area is 72.9 Å². The Morgan fingerprint density at radius 3 is 2.08 bits per heavy atom. The molecule has 0 N–H and O–H groups in total. The second kappa shape index (κ2) is 2.32. The Hall–Kier alpha value is -0.850. The summed E-state index contributed by atoms with van der Waals surface area (Å²) < 4.78 is 0. The van der Waals surface area contributed by atoms with Crippen molar-refractivity contribution in [1.82, 2.24) is 5.06 Å². The van der Waals surface area contributed by atoms with E-state index in [1.165, 1.54) is 0 Å². The summed E-state index contributed by atoms with van der Waals surface area (Å²) in [6.07, 6.45) is 1.74. The average Bonchev–Trinajstić information content (AvgIpc) is 2.11. The SMILES string of the molecule is CC1(C)C=C(C#N)C(C)(C)N1[O]. The predicted octanol–water partition coefficient (Wildman–Crippen LogP) is 1.65. The number of hydrogen-bond donors (Lipinski definition) is 0. The molecule has 1 rings (SSSR count). The molecule has 0 bridgehead atoms. The van der Waals surface area contributed by atoms with E-state index in [9.17, 15) is 5.21 Å². The molecule has 3 heteroatoms. The van der Waals surface area contributed by atoms with Crippen molar-refractivity contribution in [2.24, 2.45) is 0 Å². The number of rotatable bonds is 0. The number of hydrogen-bond acceptors (Lipinski definition) is 2. The van der Waals surface area contributed by atoms with Gasteiger partial charge in [0.15, 0.2) is 0 Å². The van der Waals surface area contributed by atoms with Crippen LogP contribution in [0.2, 0.25) is 0 Å². The Balaban J connectivity index is 3.14. The lowest BCUT2D eigenvalue weighted by atomic mass is 9.98. The number of nitrogens with zero attached hydrogens (tertiary/aromatic N) is 2. The van der Waals surface area contributed by atoms with Crippen LogP contribution < -0.4 is 0 Å². The van der Waals surface area contributed by atoms with Gasteiger partial charge in [-0.2, -0.15) is 5.26 Å². The topological polar surface area (TPSA) is 46.9 Å². The Bertz CT molecular complexity index is 271. The number of hydroxylamine groups is 2. The molecular formula is C9H13N2O. The van der Waals surface area contributed by atoms with Crippen LogP contribution in [0.4, 0.5) is 0 Å². The monoisotopic (exact) mass is 165 g/mol. The third kappa shape index (κ3) is 1.04. The minimum Gasteiger partial charge on any atom is -0.193 e. The maximum atomic E-state index is 11.6. The summed E-state index contributed by atoms with van der Waals surface area (Å²) in [6.45, 7) is 7.16. The van der Waals surface area contributed by atoms with Crippen molar-refractivity contribution in [1.29, 1.82) is 5.26 Å². The highest BCUT2D eigenvalue weighted by Gasteiger charge is 2.46. The average molecular weight is 165 g/mol. The molecule has 1 radical (unpaired) electrons. The van der Waals surface area contributed by atoms with Gasteiger partial charge < -0.3 is 0 Å². The van der Waals surface area contributed by atoms with Crippen LogP contribution in [0.3, 0.4) is 0 Å². The molecule has 0 aromatic heterocycles. The van der Waals surface area contributed by atoms with E-state index in [0.717, 1.165) is 5.06 Å². The van der Waals surface area contributed by atoms with Crippen LogP contribution in [-0.2, 0) is 5.21 Å². The van der Waals surface area contributed by atoms with Gasteiger partial charge in [0.05, 0.1) is 17.1 Å². The van der Waals surface area contributed by atoms with Crippen LogP contribution >= 0.6 is 0 Å². The fourth-order valence-electron chi connectivity index (χ4n) is 1.59. The van der Waals surface area contributed by atoms with Crippen LogP contribution in [0.1, 0.15) is 27.7 Å². The molecule has 0 saturated carbocycles. The van der Waals surface area contributed by atoms with Crippen molar-refractivity contribution in [2.45, 2.75) is 38.8 Å². The highest BCUT2D eigenvalue weighted by Crippen LogP contribution is 2.37. The molecule has 3 nitrogen and oxygen atoms in total. The molecule has 0 aliphatic carbocycles. The first-order valence-electron chi connectivity index (χ1n) is 3.93. The molecule has 12 heavy (non-hydrogen) atoms. The van der Waals surface area contributed by atoms with E-state index in [-0.39, 0.29) is 0 Å². The highest BCUT2D eigenvalue weighted by atomic mass is 16.5. The minimum atomic E-state index is -0.668. The lowest BCUT2D eigenvalue weighted by molar-refractivity contribution is -0.237. The molecule has 65 valence electrons. The van der Waals surface area contributed by atoms with E-state index < -0.39 is 11.1 Å². The molecule has 0 amide bonds. The molecule has 0 unspecified atom stereocenters. The Kier molecular flexibility index (Phi) is 1.78. The molecule has 0 fully saturated rings. The number of nitriles is 1. The van der Waals surface area contributed by atoms with Crippen molar-refractivity contribution in [2.75, 3.05) is 0 Å². The van der Waals surface area contributed by atoms with E-state index in [0.29, 0.717) is 5.57 Å². The molecule has 0 spiro atoms. The zero-order valence-electron chi connectivity index (χ0n) is 7.88. The Morgan fingerprint density at radius 2 is 1.92 bits per heavy atom. The van der Waals surface area contributed by atoms with Gasteiger partial charge in [-0.15, -0.1) is 10.3 Å². The Morgan fingerprint density at radius 1 is 1.42 bits per heavy atom. The summed E-state index contributed by atoms with van der Waals surface area (Å²) in [4.78, 5) is 0. The van der Waals surface area contributed by atoms with Crippen molar-refractivity contribution in [3.05, 3.63) is 11.6 Å². The van der Waals surface area contributed by atoms with Gasteiger partial charge >= 0.3 is 0 Å². The first-order valence-corrected chi connectivity index (χ1v) is 3.93. The van der Waals surface area contributed by atoms with Gasteiger partial charge in [-0.25, -0.2) is 0 Å². The summed E-state index contributed by atoms with van der Waals surface area (Å²) in [5.74, 6) is 0. The van der Waals surface area contributed by atoms with E-state index >= 15 is 0 Å². The summed E-state index contributed by atoms with van der Waals surface area (Å²) in [5, 5.41) is 21.4. The maximum absolute atomic E-state index is 11.6. The van der Waals surface area contributed by atoms with Gasteiger partial charge in [0, 0.05) is 5.57 Å². The maximum Gasteiger partial charge on any atom is 0.0965 e. The zero-order valence-corrected chi connectivity index (χ0v) is 7.88. The third-order valence-corrected chi connectivity index (χ3v) is 2.31. The molecule has 1 aliphatic heterocycles. The second-order valence-electron chi connectivity index (χ2n) is 4.18. The van der Waals surface area contributed by atoms with E-state index in [4.69, 9.17) is 5.26 Å². The zero-order chi connectivity index (χ0) is 9.57. The van der Waals surface area contributed by atoms with Crippen LogP contribution in [-0.4, -0.2) is 16.1 Å². The standard InChI is InChI=1S/C9H13N2O/c1-8(2)5-7(6-10)9(3,4)11(8)12/h5H,1-4H3. The molecule has 1 aliphatic rings. The van der Waals surface area contributed by atoms with Crippen molar-refractivity contribution in [3.63, 3.8) is 0 Å². The van der Waals surface area contributed by atoms with Crippen LogP contribution in [0.15, 0.2) is 11.6 Å². The van der Waals surface area contributed by atoms with Gasteiger partial charge in [-0.1, -0.05) is 0 Å². The minimum absolute atomic E-state index is 0.547. The van der Waals surface area contributed by atoms with Gasteiger partial charge in [0.1, 0.15) is 0 Å². The fraction of sp³-hybridized carbons (Fsp3) is 0.667. The summed E-state index contributed by atoms with van der Waals surface area (Å²) in [6, 6.07) is 2.06. The largest absolute Gasteiger partial charge is 0.193 e. The van der Waals surface area contributed by atoms with Gasteiger partial charge in [0.25, 0.3) is 0 Å². The van der Waals surface area contributed by atoms with E-state index in [1.54, 1.807) is 19.9 Å². The summed E-state index contributed by atoms with van der Waals surface area (Å²) in [7, 11) is 0. The van der Waals surface area contributed by atoms with Crippen LogP contribution in [0.5, 0.6) is 0 Å². The van der Waals surface area contributed by atoms with Gasteiger partial charge in [-0.3, -0.25) is 0 Å². The van der Waals surface area contributed by atoms with E-state index in [1.807, 2.05) is 13.8 Å². The highest BCUT2D eigenvalue weighted by molar-refractivity contribution is 5.39. The lowest BCUT2D eigenvalue weighted by Crippen LogP contribution is -2.46. The first kappa shape index (κ1) is 9.24. The quantitative estimate of drug-likeness (QED) is 0.548. The van der Waals surface area contributed by atoms with Crippen molar-refractivity contribution >= 4 is 0 Å². The van der Waals surface area contributed by atoms with Crippen LogP contribution in [0, 0.1) is 11.3 Å². The fourth-order valence-corrected chi connectivity index (χ4v) is 1.59. The molecule has 0 atom stereocenters. The van der Waals surface area contributed by atoms with Crippen LogP contribution in [0.25, 0.3) is 0 Å². The van der Waals surface area contributed by atoms with Gasteiger partial charge in [-0.05, 0) is 33.8 Å². The summed E-state index contributed by atoms with van der Waals surface area (Å²) >= 11 is 0. The molecule has 0 saturated heterocycles. The van der Waals surface area contributed by atoms with E-state index in [2.05, 4.69) is 6.07 Å². The second-order valence-corrected chi connectivity index (χ2v) is 4.18. The molecule has 1 heterocycles. The molecule has 0 aromatic rings. The smallest absolute Gasteiger partial charge is 0.0965 e. The van der Waals surface area contributed by atoms with Crippen molar-refractivity contribution < 1.29 is 5.21 Å². The third-order valence-electron chi connectivity index (χ3n) is 2.31. The summed E-state index contributed by atoms with van der Waals surface area (Å²) in [5.41, 5.74) is -0.658. The molecule has 0 aromatic carbocycles. The van der Waals surface area contributed by atoms with Gasteiger partial charge in [0.2, 0.25) is 0 Å².